The van der Waals surface area contributed by atoms with Gasteiger partial charge >= 0.3 is 0 Å². The number of nitrogens with one attached hydrogen (secondary N) is 1. The molecule has 5 atom stereocenters. The van der Waals surface area contributed by atoms with Gasteiger partial charge in [0.25, 0.3) is 0 Å². The summed E-state index contributed by atoms with van der Waals surface area (Å²) in [7, 11) is 0. The van der Waals surface area contributed by atoms with E-state index in [-0.39, 0.29) is 51.1 Å². The van der Waals surface area contributed by atoms with E-state index in [1.807, 2.05) is 19.9 Å². The number of nitriles is 1. The van der Waals surface area contributed by atoms with Gasteiger partial charge in [-0.1, -0.05) is 80.4 Å². The largest absolute Gasteiger partial charge is 0.356 e. The van der Waals surface area contributed by atoms with Crippen LogP contribution in [0.3, 0.4) is 0 Å². The van der Waals surface area contributed by atoms with Gasteiger partial charge in [0.05, 0.1) is 5.57 Å². The van der Waals surface area contributed by atoms with Crippen LogP contribution in [0, 0.1) is 50.2 Å². The van der Waals surface area contributed by atoms with Crippen LogP contribution in [0.1, 0.15) is 121 Å². The highest BCUT2D eigenvalue weighted by Crippen LogP contribution is 2.65. The number of Topliss-reactive ketones (excluding diaryl/α,β-unsaturated/α-hetero) is 1. The number of nitrogens with zero attached hydrogens (tertiary/aromatic N) is 1. The number of allylic oxidation sites excluding steroid dienone is 4. The van der Waals surface area contributed by atoms with Crippen molar-refractivity contribution in [1.82, 2.24) is 5.32 Å². The van der Waals surface area contributed by atoms with Crippen LogP contribution in [-0.2, 0) is 14.4 Å². The minimum absolute atomic E-state index is 0.0145. The molecular formula is C34H54N2O3. The molecular weight excluding hydrogens is 484 g/mol. The zero-order chi connectivity index (χ0) is 30.0. The van der Waals surface area contributed by atoms with Crippen molar-refractivity contribution in [2.75, 3.05) is 6.54 Å². The lowest BCUT2D eigenvalue weighted by atomic mass is 9.44. The van der Waals surface area contributed by atoms with Crippen molar-refractivity contribution in [2.45, 2.75) is 121 Å². The molecule has 1 amide bonds. The van der Waals surface area contributed by atoms with Gasteiger partial charge in [0.1, 0.15) is 6.07 Å². The Balaban J connectivity index is 2.53. The lowest BCUT2D eigenvalue weighted by Gasteiger charge is -2.59. The second kappa shape index (κ2) is 11.7. The van der Waals surface area contributed by atoms with E-state index in [1.165, 1.54) is 0 Å². The Labute approximate surface area is 238 Å². The zero-order valence-corrected chi connectivity index (χ0v) is 26.6. The third-order valence-corrected chi connectivity index (χ3v) is 11.1. The van der Waals surface area contributed by atoms with E-state index in [0.29, 0.717) is 6.54 Å². The first-order valence-electron chi connectivity index (χ1n) is 15.0. The second-order valence-electron chi connectivity index (χ2n) is 14.6. The summed E-state index contributed by atoms with van der Waals surface area (Å²) in [4.78, 5) is 38.9. The summed E-state index contributed by atoms with van der Waals surface area (Å²) in [5.41, 5.74) is -0.195. The molecule has 39 heavy (non-hydrogen) atoms. The molecule has 0 heterocycles. The molecule has 0 unspecified atom stereocenters. The van der Waals surface area contributed by atoms with Crippen LogP contribution in [0.15, 0.2) is 23.3 Å². The second-order valence-corrected chi connectivity index (χ2v) is 14.6. The summed E-state index contributed by atoms with van der Waals surface area (Å²) < 4.78 is 0. The van der Waals surface area contributed by atoms with E-state index in [0.717, 1.165) is 50.5 Å². The van der Waals surface area contributed by atoms with Crippen molar-refractivity contribution in [3.05, 3.63) is 23.3 Å². The Bertz CT molecular complexity index is 1070. The smallest absolute Gasteiger partial charge is 0.225 e. The van der Waals surface area contributed by atoms with E-state index < -0.39 is 10.8 Å². The molecule has 0 radical (unpaired) electrons. The topological polar surface area (TPSA) is 87.0 Å². The maximum absolute atomic E-state index is 13.4. The molecule has 2 aliphatic carbocycles. The van der Waals surface area contributed by atoms with E-state index in [4.69, 9.17) is 0 Å². The maximum Gasteiger partial charge on any atom is 0.225 e. The predicted octanol–water partition coefficient (Wildman–Crippen LogP) is 7.76. The number of ketones is 2. The number of amides is 1. The Morgan fingerprint density at radius 1 is 1.10 bits per heavy atom. The number of rotatable bonds is 11. The molecule has 5 nitrogen and oxygen atoms in total. The fraction of sp³-hybridized carbons (Fsp3) is 0.765. The van der Waals surface area contributed by atoms with Crippen molar-refractivity contribution in [2.24, 2.45) is 38.9 Å². The molecule has 1 saturated carbocycles. The van der Waals surface area contributed by atoms with Crippen molar-refractivity contribution in [1.29, 1.82) is 5.26 Å². The van der Waals surface area contributed by atoms with E-state index in [2.05, 4.69) is 66.8 Å². The summed E-state index contributed by atoms with van der Waals surface area (Å²) >= 11 is 0. The van der Waals surface area contributed by atoms with Gasteiger partial charge in [-0.3, -0.25) is 14.4 Å². The van der Waals surface area contributed by atoms with Gasteiger partial charge < -0.3 is 5.32 Å². The summed E-state index contributed by atoms with van der Waals surface area (Å²) in [5.74, 6) is -0.194. The molecule has 0 saturated heterocycles. The molecule has 218 valence electrons. The van der Waals surface area contributed by atoms with Gasteiger partial charge in [-0.25, -0.2) is 0 Å². The van der Waals surface area contributed by atoms with Crippen LogP contribution in [0.5, 0.6) is 0 Å². The highest BCUT2D eigenvalue weighted by atomic mass is 16.2. The molecule has 0 aromatic heterocycles. The van der Waals surface area contributed by atoms with Crippen molar-refractivity contribution in [3.8, 4) is 6.07 Å². The minimum atomic E-state index is -0.553. The van der Waals surface area contributed by atoms with Gasteiger partial charge in [0.2, 0.25) is 5.91 Å². The fourth-order valence-corrected chi connectivity index (χ4v) is 7.12. The fourth-order valence-electron chi connectivity index (χ4n) is 7.12. The third-order valence-electron chi connectivity index (χ3n) is 11.1. The first-order valence-corrected chi connectivity index (χ1v) is 15.0. The van der Waals surface area contributed by atoms with E-state index in [9.17, 15) is 19.6 Å². The quantitative estimate of drug-likeness (QED) is 0.272. The molecule has 2 rings (SSSR count). The van der Waals surface area contributed by atoms with Crippen LogP contribution >= 0.6 is 0 Å². The average molecular weight is 539 g/mol. The van der Waals surface area contributed by atoms with Gasteiger partial charge in [0, 0.05) is 23.3 Å². The normalized spacial score (nSPS) is 30.2. The standard InChI is InChI=1S/C34H54N2O3/c1-12-30(5,6)16-18-32(9,29(39)36-13-2)19-17-31(7,8)34(11)15-14-26-24(4)28(38)25(22-35)21-33(26,10)27(34)20-23(3)37/h20-21,24,26H,12-19H2,1-11H3,(H,36,39)/b27-20-/t24-,26-,32-,33-,34+/m0/s1. The Kier molecular flexibility index (Phi) is 9.91. The van der Waals surface area contributed by atoms with Gasteiger partial charge in [0.15, 0.2) is 11.6 Å². The highest BCUT2D eigenvalue weighted by molar-refractivity contribution is 6.02. The zero-order valence-electron chi connectivity index (χ0n) is 26.6. The Morgan fingerprint density at radius 3 is 2.21 bits per heavy atom. The van der Waals surface area contributed by atoms with Crippen molar-refractivity contribution >= 4 is 17.5 Å². The van der Waals surface area contributed by atoms with Crippen molar-refractivity contribution < 1.29 is 14.4 Å². The summed E-state index contributed by atoms with van der Waals surface area (Å²) in [6.45, 7) is 23.9. The Hall–Kier alpha value is -2.22. The van der Waals surface area contributed by atoms with Gasteiger partial charge in [-0.15, -0.1) is 0 Å². The molecule has 0 aliphatic heterocycles. The first-order chi connectivity index (χ1) is 17.8. The third kappa shape index (κ3) is 6.41. The number of carbonyl (C=O) groups is 3. The van der Waals surface area contributed by atoms with E-state index >= 15 is 0 Å². The van der Waals surface area contributed by atoms with Crippen LogP contribution in [0.2, 0.25) is 0 Å². The molecule has 5 heteroatoms. The molecule has 1 N–H and O–H groups in total. The van der Waals surface area contributed by atoms with Crippen LogP contribution in [-0.4, -0.2) is 24.0 Å². The summed E-state index contributed by atoms with van der Waals surface area (Å²) in [6.07, 6.45) is 9.81. The van der Waals surface area contributed by atoms with Crippen LogP contribution < -0.4 is 5.32 Å². The number of hydrogen-bond donors (Lipinski definition) is 1. The number of fused-ring (bicyclic) bond motifs is 1. The molecule has 0 aromatic carbocycles. The van der Waals surface area contributed by atoms with Crippen LogP contribution in [0.25, 0.3) is 0 Å². The molecule has 0 aromatic rings. The lowest BCUT2D eigenvalue weighted by molar-refractivity contribution is -0.132. The maximum atomic E-state index is 13.4. The highest BCUT2D eigenvalue weighted by Gasteiger charge is 2.58. The van der Waals surface area contributed by atoms with Gasteiger partial charge in [-0.05, 0) is 80.6 Å². The minimum Gasteiger partial charge on any atom is -0.356 e. The monoisotopic (exact) mass is 538 g/mol. The SMILES string of the molecule is CCNC(=O)[C@@](C)(CCC(C)(C)CC)CCC(C)(C)[C@]1(C)CC[C@H]2[C@H](C)C(=O)C(C#N)=C[C@]2(C)/C1=C/C(C)=O. The summed E-state index contributed by atoms with van der Waals surface area (Å²) in [5, 5.41) is 12.9. The molecule has 2 aliphatic rings. The average Bonchev–Trinajstić information content (AvgIpc) is 2.86. The Morgan fingerprint density at radius 2 is 1.69 bits per heavy atom. The van der Waals surface area contributed by atoms with Crippen molar-refractivity contribution in [3.63, 3.8) is 0 Å². The molecule has 0 spiro atoms. The first kappa shape index (κ1) is 33.0. The molecule has 1 fully saturated rings. The predicted molar refractivity (Wildman–Crippen MR) is 159 cm³/mol. The lowest BCUT2D eigenvalue weighted by Crippen LogP contribution is -2.53. The summed E-state index contributed by atoms with van der Waals surface area (Å²) in [6, 6.07) is 2.14. The van der Waals surface area contributed by atoms with E-state index in [1.54, 1.807) is 13.0 Å². The number of carbonyl (C=O) groups excluding carboxylic acids is 3. The number of hydrogen-bond acceptors (Lipinski definition) is 4. The molecule has 0 bridgehead atoms. The van der Waals surface area contributed by atoms with Gasteiger partial charge in [-0.2, -0.15) is 5.26 Å². The van der Waals surface area contributed by atoms with Crippen LogP contribution in [0.4, 0.5) is 0 Å².